The molecule has 2 saturated heterocycles. The number of carbonyl (C=O) groups excluding carboxylic acids is 1. The van der Waals surface area contributed by atoms with E-state index in [4.69, 9.17) is 37.8 Å². The number of carbonyl (C=O) groups is 2. The standard InChI is InChI=1S/C25H32ClN3O4S2.C14H18ClNO5S.C11H16N2S.2ClH/c1-18-4-2-5-22(26)25(18)35(31,32)29(20-6-7-20)12-13-33-17-24(30)28-11-8-23-19(15-28)14-21(34-23)16-27-9-3-10-27;1-10-3-2-4-12(15)14(10)22(19,20)16(11-5-6-11)7-8-21-9-13(17)18;1-4-13(5-1)8-10-6-9-7-12-3-2-11(9)14-10;;/h2,4-5,14,20H,3,6-13,15-17H2,1H3;2-4,11H,5-9H2,1H3,(H,17,18);6,12H,1-5,7-8H2;2*1H. The van der Waals surface area contributed by atoms with E-state index in [0.717, 1.165) is 51.7 Å². The Bertz CT molecular complexity index is 2670. The molecule has 15 nitrogen and oxygen atoms in total. The molecule has 2 saturated carbocycles. The first kappa shape index (κ1) is 59.8. The van der Waals surface area contributed by atoms with Crippen LogP contribution < -0.4 is 5.32 Å². The van der Waals surface area contributed by atoms with Crippen LogP contribution in [0.5, 0.6) is 0 Å². The smallest absolute Gasteiger partial charge is 0.329 e. The fourth-order valence-electron chi connectivity index (χ4n) is 9.16. The third-order valence-electron chi connectivity index (χ3n) is 13.5. The highest BCUT2D eigenvalue weighted by Gasteiger charge is 2.41. The SMILES string of the molecule is Cc1cccc(Cl)c1S(=O)(=O)N(CCOCC(=O)N1CCc2sc(CN3CCC3)cc2C1)C1CC1.Cc1cccc(Cl)c1S(=O)(=O)N(CCOCC(=O)O)C1CC1.Cl.Cl.c1c(CN2CCC2)sc2c1CNCC2. The molecule has 4 aromatic rings. The van der Waals surface area contributed by atoms with Gasteiger partial charge in [0.1, 0.15) is 23.0 Å². The van der Waals surface area contributed by atoms with Gasteiger partial charge in [0, 0.05) is 84.0 Å². The number of fused-ring (bicyclic) bond motifs is 2. The fraction of sp³-hybridized carbons (Fsp3) is 0.560. The Morgan fingerprint density at radius 2 is 1.19 bits per heavy atom. The average Bonchev–Trinajstić information content (AvgIpc) is 4.23. The molecule has 2 aliphatic carbocycles. The van der Waals surface area contributed by atoms with Crippen LogP contribution in [-0.4, -0.2) is 148 Å². The number of carboxylic acids is 1. The van der Waals surface area contributed by atoms with E-state index in [2.05, 4.69) is 27.2 Å². The Labute approximate surface area is 461 Å². The number of amides is 1. The number of rotatable bonds is 20. The normalized spacial score (nSPS) is 17.6. The van der Waals surface area contributed by atoms with Crippen molar-refractivity contribution in [1.29, 1.82) is 0 Å². The first-order valence-corrected chi connectivity index (χ1v) is 29.9. The van der Waals surface area contributed by atoms with Gasteiger partial charge >= 0.3 is 5.97 Å². The van der Waals surface area contributed by atoms with E-state index in [1.165, 1.54) is 75.9 Å². The van der Waals surface area contributed by atoms with Crippen molar-refractivity contribution < 1.29 is 41.0 Å². The van der Waals surface area contributed by atoms with Crippen molar-refractivity contribution in [1.82, 2.24) is 28.6 Å². The molecule has 23 heteroatoms. The maximum Gasteiger partial charge on any atom is 0.329 e. The minimum absolute atomic E-state index is 0. The van der Waals surface area contributed by atoms with Gasteiger partial charge in [0.05, 0.1) is 23.3 Å². The van der Waals surface area contributed by atoms with Gasteiger partial charge in [0.25, 0.3) is 0 Å². The second-order valence-corrected chi connectivity index (χ2v) is 26.0. The summed E-state index contributed by atoms with van der Waals surface area (Å²) in [6, 6.07) is 14.6. The average molecular weight is 1170 g/mol. The largest absolute Gasteiger partial charge is 0.480 e. The fourth-order valence-corrected chi connectivity index (χ4v) is 16.5. The molecule has 0 bridgehead atoms. The van der Waals surface area contributed by atoms with Crippen LogP contribution >= 0.6 is 70.7 Å². The van der Waals surface area contributed by atoms with E-state index < -0.39 is 32.6 Å². The lowest BCUT2D eigenvalue weighted by atomic mass is 10.1. The molecule has 10 rings (SSSR count). The van der Waals surface area contributed by atoms with E-state index in [-0.39, 0.29) is 95.6 Å². The number of nitrogens with one attached hydrogen (secondary N) is 1. The molecule has 6 aliphatic rings. The number of nitrogens with zero attached hydrogens (tertiary/aromatic N) is 5. The third-order valence-corrected chi connectivity index (χ3v) is 21.1. The van der Waals surface area contributed by atoms with Crippen LogP contribution in [0, 0.1) is 13.8 Å². The van der Waals surface area contributed by atoms with Crippen molar-refractivity contribution in [2.45, 2.75) is 113 Å². The molecule has 0 radical (unpaired) electrons. The van der Waals surface area contributed by atoms with Crippen LogP contribution in [0.4, 0.5) is 0 Å². The number of sulfonamides is 2. The van der Waals surface area contributed by atoms with E-state index in [9.17, 15) is 26.4 Å². The van der Waals surface area contributed by atoms with Crippen LogP contribution in [0.15, 0.2) is 58.3 Å². The van der Waals surface area contributed by atoms with E-state index in [0.29, 0.717) is 24.2 Å². The van der Waals surface area contributed by atoms with Gasteiger partial charge in [-0.2, -0.15) is 8.61 Å². The van der Waals surface area contributed by atoms with Gasteiger partial charge in [-0.3, -0.25) is 14.6 Å². The van der Waals surface area contributed by atoms with Crippen LogP contribution in [0.3, 0.4) is 0 Å². The van der Waals surface area contributed by atoms with Gasteiger partial charge in [-0.25, -0.2) is 21.6 Å². The van der Waals surface area contributed by atoms with Crippen LogP contribution in [0.2, 0.25) is 10.0 Å². The molecule has 4 aliphatic heterocycles. The summed E-state index contributed by atoms with van der Waals surface area (Å²) in [6.45, 7) is 14.3. The molecule has 1 amide bonds. The number of hydrogen-bond acceptors (Lipinski definition) is 13. The molecule has 2 N–H and O–H groups in total. The van der Waals surface area contributed by atoms with Gasteiger partial charge in [0.15, 0.2) is 0 Å². The summed E-state index contributed by atoms with van der Waals surface area (Å²) in [4.78, 5) is 36.3. The van der Waals surface area contributed by atoms with Crippen molar-refractivity contribution in [2.24, 2.45) is 0 Å². The lowest BCUT2D eigenvalue weighted by Gasteiger charge is -2.29. The van der Waals surface area contributed by atoms with Crippen LogP contribution in [0.1, 0.15) is 80.3 Å². The maximum atomic E-state index is 13.3. The van der Waals surface area contributed by atoms with Crippen molar-refractivity contribution in [3.05, 3.63) is 100 Å². The van der Waals surface area contributed by atoms with Gasteiger partial charge in [-0.1, -0.05) is 47.5 Å². The molecule has 0 atom stereocenters. The van der Waals surface area contributed by atoms with Crippen LogP contribution in [0.25, 0.3) is 0 Å². The summed E-state index contributed by atoms with van der Waals surface area (Å²) >= 11 is 16.2. The van der Waals surface area contributed by atoms with Crippen molar-refractivity contribution >= 4 is 103 Å². The Kier molecular flexibility index (Phi) is 22.3. The first-order valence-electron chi connectivity index (χ1n) is 24.6. The molecule has 6 heterocycles. The van der Waals surface area contributed by atoms with Crippen LogP contribution in [-0.2, 0) is 78.1 Å². The summed E-state index contributed by atoms with van der Waals surface area (Å²) in [5.41, 5.74) is 4.03. The zero-order valence-electron chi connectivity index (χ0n) is 41.4. The molecule has 2 aromatic heterocycles. The topological polar surface area (TPSA) is 169 Å². The summed E-state index contributed by atoms with van der Waals surface area (Å²) < 4.78 is 65.9. The molecule has 404 valence electrons. The lowest BCUT2D eigenvalue weighted by Crippen LogP contribution is -2.39. The molecule has 0 unspecified atom stereocenters. The zero-order chi connectivity index (χ0) is 50.3. The summed E-state index contributed by atoms with van der Waals surface area (Å²) in [6.07, 6.45) is 8.06. The minimum Gasteiger partial charge on any atom is -0.480 e. The zero-order valence-corrected chi connectivity index (χ0v) is 47.8. The van der Waals surface area contributed by atoms with Gasteiger partial charge < -0.3 is 24.8 Å². The Morgan fingerprint density at radius 1 is 0.712 bits per heavy atom. The van der Waals surface area contributed by atoms with E-state index >= 15 is 0 Å². The van der Waals surface area contributed by atoms with Gasteiger partial charge in [-0.05, 0) is 138 Å². The highest BCUT2D eigenvalue weighted by molar-refractivity contribution is 7.89. The number of aryl methyl sites for hydroxylation is 2. The summed E-state index contributed by atoms with van der Waals surface area (Å²) in [5.74, 6) is -1.13. The van der Waals surface area contributed by atoms with Crippen molar-refractivity contribution in [2.75, 3.05) is 78.8 Å². The second kappa shape index (κ2) is 27.2. The predicted molar refractivity (Wildman–Crippen MR) is 293 cm³/mol. The number of carboxylic acid groups (broad SMARTS) is 1. The van der Waals surface area contributed by atoms with Crippen molar-refractivity contribution in [3.8, 4) is 0 Å². The Morgan fingerprint density at radius 3 is 1.63 bits per heavy atom. The first-order chi connectivity index (χ1) is 34.1. The molecular weight excluding hydrogens is 1100 g/mol. The monoisotopic (exact) mass is 1160 g/mol. The quantitative estimate of drug-likeness (QED) is 0.0820. The highest BCUT2D eigenvalue weighted by atomic mass is 35.5. The number of benzene rings is 2. The predicted octanol–water partition coefficient (Wildman–Crippen LogP) is 8.02. The molecule has 4 fully saturated rings. The molecule has 2 aromatic carbocycles. The minimum atomic E-state index is -3.73. The lowest BCUT2D eigenvalue weighted by molar-refractivity contribution is -0.142. The number of thiophene rings is 2. The Balaban J connectivity index is 0.000000195. The van der Waals surface area contributed by atoms with Crippen molar-refractivity contribution in [3.63, 3.8) is 0 Å². The maximum absolute atomic E-state index is 13.3. The number of aliphatic carboxylic acids is 1. The third kappa shape index (κ3) is 15.8. The second-order valence-electron chi connectivity index (χ2n) is 19.0. The number of likely N-dealkylation sites (tertiary alicyclic amines) is 2. The highest BCUT2D eigenvalue weighted by Crippen LogP contribution is 2.37. The van der Waals surface area contributed by atoms with E-state index in [1.807, 2.05) is 27.6 Å². The van der Waals surface area contributed by atoms with E-state index in [1.54, 1.807) is 65.6 Å². The molecule has 73 heavy (non-hydrogen) atoms. The molecule has 0 spiro atoms. The summed E-state index contributed by atoms with van der Waals surface area (Å²) in [5, 5.41) is 12.4. The molecular formula is C50H68Cl4N6O9S4. The number of halogens is 4. The number of ether oxygens (including phenoxy) is 2. The summed E-state index contributed by atoms with van der Waals surface area (Å²) in [7, 11) is -7.46. The number of hydrogen-bond donors (Lipinski definition) is 2. The Hall–Kier alpha value is -2.44. The van der Waals surface area contributed by atoms with Gasteiger partial charge in [0.2, 0.25) is 26.0 Å². The van der Waals surface area contributed by atoms with Gasteiger partial charge in [-0.15, -0.1) is 47.5 Å².